The van der Waals surface area contributed by atoms with Crippen molar-refractivity contribution in [2.75, 3.05) is 59.5 Å². The van der Waals surface area contributed by atoms with Crippen molar-refractivity contribution in [2.45, 2.75) is 290 Å². The largest absolute Gasteiger partial charge is 0.464 e. The van der Waals surface area contributed by atoms with Crippen molar-refractivity contribution in [2.24, 2.45) is 0 Å². The lowest BCUT2D eigenvalue weighted by Gasteiger charge is -2.42. The second-order valence-electron chi connectivity index (χ2n) is 21.3. The molecule has 9 heteroatoms. The highest BCUT2D eigenvalue weighted by Crippen LogP contribution is 2.15. The van der Waals surface area contributed by atoms with Gasteiger partial charge in [-0.2, -0.15) is 0 Å². The molecule has 420 valence electrons. The number of esters is 3. The van der Waals surface area contributed by atoms with Gasteiger partial charge in [0.1, 0.15) is 19.8 Å². The van der Waals surface area contributed by atoms with Crippen molar-refractivity contribution in [3.05, 3.63) is 36.5 Å². The average molecular weight is 1010 g/mol. The highest BCUT2D eigenvalue weighted by molar-refractivity contribution is 5.69. The minimum absolute atomic E-state index is 0.116. The molecule has 0 aromatic heterocycles. The van der Waals surface area contributed by atoms with E-state index in [-0.39, 0.29) is 17.9 Å². The predicted octanol–water partition coefficient (Wildman–Crippen LogP) is 17.5. The van der Waals surface area contributed by atoms with Gasteiger partial charge in [0, 0.05) is 38.9 Å². The topological polar surface area (TPSA) is 88.6 Å². The van der Waals surface area contributed by atoms with E-state index >= 15 is 0 Å². The second-order valence-corrected chi connectivity index (χ2v) is 21.3. The molecule has 0 atom stereocenters. The van der Waals surface area contributed by atoms with Crippen molar-refractivity contribution in [3.63, 3.8) is 0 Å². The van der Waals surface area contributed by atoms with E-state index in [4.69, 9.17) is 14.2 Å². The molecule has 1 heterocycles. The Morgan fingerprint density at radius 2 is 0.486 bits per heavy atom. The summed E-state index contributed by atoms with van der Waals surface area (Å²) in [7, 11) is 0. The number of hydrogen-bond acceptors (Lipinski definition) is 9. The van der Waals surface area contributed by atoms with Crippen molar-refractivity contribution in [3.8, 4) is 0 Å². The zero-order valence-electron chi connectivity index (χ0n) is 47.8. The predicted molar refractivity (Wildman–Crippen MR) is 306 cm³/mol. The fraction of sp³-hybridized carbons (Fsp3) is 0.857. The van der Waals surface area contributed by atoms with Crippen LogP contribution in [0.2, 0.25) is 0 Å². The number of unbranched alkanes of at least 4 members (excludes halogenated alkanes) is 33. The first-order chi connectivity index (χ1) is 35.5. The maximum atomic E-state index is 12.6. The lowest BCUT2D eigenvalue weighted by atomic mass is 10.1. The quantitative estimate of drug-likeness (QED) is 0.0256. The summed E-state index contributed by atoms with van der Waals surface area (Å²) >= 11 is 0. The molecule has 0 amide bonds. The van der Waals surface area contributed by atoms with Gasteiger partial charge in [0.25, 0.3) is 0 Å². The molecule has 0 aliphatic carbocycles. The highest BCUT2D eigenvalue weighted by Gasteiger charge is 2.24. The fourth-order valence-electron chi connectivity index (χ4n) is 9.51. The van der Waals surface area contributed by atoms with Crippen LogP contribution in [0.4, 0.5) is 0 Å². The summed E-state index contributed by atoms with van der Waals surface area (Å²) < 4.78 is 17.1. The van der Waals surface area contributed by atoms with Gasteiger partial charge in [0.2, 0.25) is 0 Å². The molecule has 9 nitrogen and oxygen atoms in total. The second kappa shape index (κ2) is 54.8. The monoisotopic (exact) mass is 1010 g/mol. The van der Waals surface area contributed by atoms with Crippen LogP contribution in [0.3, 0.4) is 0 Å². The third-order valence-electron chi connectivity index (χ3n) is 14.1. The summed E-state index contributed by atoms with van der Waals surface area (Å²) in [6.07, 6.45) is 63.8. The number of nitrogens with zero attached hydrogens (tertiary/aromatic N) is 3. The molecular weight excluding hydrogens is 895 g/mol. The van der Waals surface area contributed by atoms with E-state index in [2.05, 4.69) is 71.9 Å². The van der Waals surface area contributed by atoms with Crippen LogP contribution in [0.5, 0.6) is 0 Å². The molecule has 0 unspecified atom stereocenters. The minimum atomic E-state index is -0.116. The molecule has 1 rings (SSSR count). The van der Waals surface area contributed by atoms with Gasteiger partial charge in [-0.25, -0.2) is 0 Å². The third kappa shape index (κ3) is 48.4. The van der Waals surface area contributed by atoms with Crippen LogP contribution in [0.1, 0.15) is 290 Å². The molecule has 1 saturated heterocycles. The van der Waals surface area contributed by atoms with Crippen LogP contribution < -0.4 is 0 Å². The molecule has 1 aliphatic rings. The highest BCUT2D eigenvalue weighted by atomic mass is 16.5. The Bertz CT molecular complexity index is 1130. The molecule has 0 spiro atoms. The van der Waals surface area contributed by atoms with Crippen LogP contribution in [-0.2, 0) is 28.6 Å². The Balaban J connectivity index is 2.35. The molecule has 0 N–H and O–H groups in total. The van der Waals surface area contributed by atoms with E-state index < -0.39 is 0 Å². The van der Waals surface area contributed by atoms with Gasteiger partial charge in [0.15, 0.2) is 0 Å². The van der Waals surface area contributed by atoms with Crippen molar-refractivity contribution in [1.82, 2.24) is 14.7 Å². The first-order valence-electron chi connectivity index (χ1n) is 31.1. The average Bonchev–Trinajstić information content (AvgIpc) is 3.37. The minimum Gasteiger partial charge on any atom is -0.464 e. The van der Waals surface area contributed by atoms with Gasteiger partial charge in [0.05, 0.1) is 20.0 Å². The summed E-state index contributed by atoms with van der Waals surface area (Å²) in [5.41, 5.74) is 0. The molecule has 0 saturated carbocycles. The Hall–Kier alpha value is -2.49. The van der Waals surface area contributed by atoms with Gasteiger partial charge < -0.3 is 14.2 Å². The first-order valence-corrected chi connectivity index (χ1v) is 31.1. The van der Waals surface area contributed by atoms with Gasteiger partial charge in [-0.1, -0.05) is 211 Å². The molecule has 72 heavy (non-hydrogen) atoms. The van der Waals surface area contributed by atoms with Crippen molar-refractivity contribution in [1.29, 1.82) is 0 Å². The molecule has 1 fully saturated rings. The van der Waals surface area contributed by atoms with E-state index in [1.165, 1.54) is 173 Å². The summed E-state index contributed by atoms with van der Waals surface area (Å²) in [5, 5.41) is 0. The maximum Gasteiger partial charge on any atom is 0.305 e. The van der Waals surface area contributed by atoms with Crippen LogP contribution >= 0.6 is 0 Å². The SMILES string of the molecule is CCCCCCCCC=CCCCCCCCC(=O)OCCN1CN(CCOC(=O)CCCCCCCC=CCCCCCCCC)CN(CCOC(=O)CCCCCCCC=CCCCCCCCC)C1. The number of hydrogen-bond donors (Lipinski definition) is 0. The van der Waals surface area contributed by atoms with Crippen molar-refractivity contribution < 1.29 is 28.6 Å². The molecule has 0 aromatic carbocycles. The maximum absolute atomic E-state index is 12.6. The van der Waals surface area contributed by atoms with Gasteiger partial charge >= 0.3 is 17.9 Å². The Kier molecular flexibility index (Phi) is 51.4. The molecular formula is C63H117N3O6. The van der Waals surface area contributed by atoms with E-state index in [1.54, 1.807) is 0 Å². The lowest BCUT2D eigenvalue weighted by Crippen LogP contribution is -2.56. The Morgan fingerprint density at radius 3 is 0.708 bits per heavy atom. The van der Waals surface area contributed by atoms with Crippen LogP contribution in [0.25, 0.3) is 0 Å². The van der Waals surface area contributed by atoms with E-state index in [0.29, 0.717) is 78.7 Å². The normalized spacial score (nSPS) is 13.9. The zero-order chi connectivity index (χ0) is 51.9. The molecule has 0 aromatic rings. The molecule has 0 bridgehead atoms. The third-order valence-corrected chi connectivity index (χ3v) is 14.1. The summed E-state index contributed by atoms with van der Waals surface area (Å²) in [6.45, 7) is 11.8. The lowest BCUT2D eigenvalue weighted by molar-refractivity contribution is -0.146. The van der Waals surface area contributed by atoms with Gasteiger partial charge in [-0.15, -0.1) is 0 Å². The van der Waals surface area contributed by atoms with Crippen LogP contribution in [0.15, 0.2) is 36.5 Å². The summed E-state index contributed by atoms with van der Waals surface area (Å²) in [4.78, 5) is 44.7. The number of carbonyl (C=O) groups is 3. The van der Waals surface area contributed by atoms with E-state index in [1.807, 2.05) is 0 Å². The standard InChI is InChI=1S/C63H117N3O6/c1-4-7-10-13-16-19-22-25-28-31-34-37-40-43-46-49-61(67)70-55-52-64-58-65(53-56-71-62(68)50-47-44-41-38-35-32-29-26-23-20-17-14-11-8-5-2)60-66(59-64)54-57-72-63(69)51-48-45-42-39-36-33-30-27-24-21-18-15-12-9-6-3/h25-30H,4-24,31-60H2,1-3H3. The van der Waals surface area contributed by atoms with E-state index in [9.17, 15) is 14.4 Å². The van der Waals surface area contributed by atoms with Crippen LogP contribution in [0, 0.1) is 0 Å². The number of rotatable bonds is 54. The van der Waals surface area contributed by atoms with Gasteiger partial charge in [-0.3, -0.25) is 29.1 Å². The van der Waals surface area contributed by atoms with Crippen molar-refractivity contribution >= 4 is 17.9 Å². The number of allylic oxidation sites excluding steroid dienone is 6. The summed E-state index contributed by atoms with van der Waals surface area (Å²) in [5.74, 6) is -0.348. The Morgan fingerprint density at radius 1 is 0.292 bits per heavy atom. The number of carbonyl (C=O) groups excluding carboxylic acids is 3. The summed E-state index contributed by atoms with van der Waals surface area (Å²) in [6, 6.07) is 0. The van der Waals surface area contributed by atoms with Gasteiger partial charge in [-0.05, 0) is 96.3 Å². The molecule has 0 radical (unpaired) electrons. The fourth-order valence-corrected chi connectivity index (χ4v) is 9.51. The molecule has 1 aliphatic heterocycles. The Labute approximate surface area is 445 Å². The van der Waals surface area contributed by atoms with E-state index in [0.717, 1.165) is 77.0 Å². The van der Waals surface area contributed by atoms with Crippen LogP contribution in [-0.4, -0.2) is 92.1 Å². The first kappa shape index (κ1) is 67.5. The zero-order valence-corrected chi connectivity index (χ0v) is 47.8. The number of ether oxygens (including phenoxy) is 3. The smallest absolute Gasteiger partial charge is 0.305 e.